The Morgan fingerprint density at radius 2 is 1.62 bits per heavy atom. The van der Waals surface area contributed by atoms with Crippen LogP contribution in [0.5, 0.6) is 0 Å². The van der Waals surface area contributed by atoms with Crippen LogP contribution < -0.4 is 0 Å². The fourth-order valence-electron chi connectivity index (χ4n) is 11.0. The molecule has 0 amide bonds. The molecule has 0 bridgehead atoms. The van der Waals surface area contributed by atoms with E-state index in [0.29, 0.717) is 30.1 Å². The minimum absolute atomic E-state index is 0.00993. The predicted molar refractivity (Wildman–Crippen MR) is 134 cm³/mol. The predicted octanol–water partition coefficient (Wildman–Crippen LogP) is 6.06. The fourth-order valence-corrected chi connectivity index (χ4v) is 11.0. The van der Waals surface area contributed by atoms with Crippen molar-refractivity contribution in [3.05, 3.63) is 11.6 Å². The molecule has 5 aliphatic rings. The molecule has 0 spiro atoms. The number of fused-ring (bicyclic) bond motifs is 7. The maximum Gasteiger partial charge on any atom is 0.310 e. The Hall–Kier alpha value is -0.870. The molecule has 4 nitrogen and oxygen atoms in total. The third-order valence-corrected chi connectivity index (χ3v) is 13.4. The topological polar surface area (TPSA) is 77.8 Å². The van der Waals surface area contributed by atoms with Crippen LogP contribution in [0.4, 0.5) is 0 Å². The van der Waals surface area contributed by atoms with E-state index in [1.54, 1.807) is 0 Å². The van der Waals surface area contributed by atoms with Crippen molar-refractivity contribution in [3.63, 3.8) is 0 Å². The van der Waals surface area contributed by atoms with Crippen LogP contribution in [0.3, 0.4) is 0 Å². The zero-order valence-corrected chi connectivity index (χ0v) is 22.5. The quantitative estimate of drug-likeness (QED) is 0.405. The number of allylic oxidation sites excluding steroid dienone is 2. The van der Waals surface area contributed by atoms with Crippen LogP contribution in [0.2, 0.25) is 0 Å². The van der Waals surface area contributed by atoms with Crippen molar-refractivity contribution in [1.82, 2.24) is 0 Å². The van der Waals surface area contributed by atoms with Crippen LogP contribution in [0.25, 0.3) is 0 Å². The molecular weight excluding hydrogens is 424 g/mol. The maximum atomic E-state index is 12.8. The zero-order valence-electron chi connectivity index (χ0n) is 22.5. The van der Waals surface area contributed by atoms with Gasteiger partial charge in [0.2, 0.25) is 0 Å². The summed E-state index contributed by atoms with van der Waals surface area (Å²) >= 11 is 0. The molecule has 3 N–H and O–H groups in total. The van der Waals surface area contributed by atoms with Gasteiger partial charge in [0.1, 0.15) is 0 Å². The van der Waals surface area contributed by atoms with E-state index in [0.717, 1.165) is 44.9 Å². The summed E-state index contributed by atoms with van der Waals surface area (Å²) < 4.78 is 0. The number of aliphatic hydroxyl groups excluding tert-OH is 2. The number of carbonyl (C=O) groups is 1. The van der Waals surface area contributed by atoms with E-state index in [-0.39, 0.29) is 27.6 Å². The maximum absolute atomic E-state index is 12.8. The van der Waals surface area contributed by atoms with Crippen LogP contribution in [-0.4, -0.2) is 33.5 Å². The second-order valence-corrected chi connectivity index (χ2v) is 14.6. The molecule has 4 heteroatoms. The van der Waals surface area contributed by atoms with E-state index in [1.807, 2.05) is 0 Å². The molecule has 5 rings (SSSR count). The molecule has 4 fully saturated rings. The van der Waals surface area contributed by atoms with Crippen molar-refractivity contribution in [2.75, 3.05) is 0 Å². The first-order chi connectivity index (χ1) is 15.7. The second kappa shape index (κ2) is 7.34. The second-order valence-electron chi connectivity index (χ2n) is 14.6. The lowest BCUT2D eigenvalue weighted by Gasteiger charge is -2.71. The van der Waals surface area contributed by atoms with Gasteiger partial charge in [0.15, 0.2) is 0 Å². The van der Waals surface area contributed by atoms with Crippen molar-refractivity contribution >= 4 is 5.97 Å². The van der Waals surface area contributed by atoms with Gasteiger partial charge in [-0.1, -0.05) is 60.1 Å². The SMILES string of the molecule is C[C@H]1[C@H](C)CC[C@]2(C(=O)O)CC[C@]3(C)C(=CC[C@@H]4[C@@]5(C)C[C@H](O)[C@@H](O)C(C)(C)[C@H]5CC[C@]43C)[C@H]12. The average molecular weight is 473 g/mol. The number of hydrogen-bond donors (Lipinski definition) is 3. The monoisotopic (exact) mass is 472 g/mol. The van der Waals surface area contributed by atoms with Crippen molar-refractivity contribution in [2.45, 2.75) is 112 Å². The van der Waals surface area contributed by atoms with Crippen LogP contribution in [0.15, 0.2) is 11.6 Å². The van der Waals surface area contributed by atoms with Crippen molar-refractivity contribution in [2.24, 2.45) is 56.7 Å². The van der Waals surface area contributed by atoms with Gasteiger partial charge in [0.25, 0.3) is 0 Å². The van der Waals surface area contributed by atoms with Gasteiger partial charge in [-0.25, -0.2) is 0 Å². The number of carboxylic acid groups (broad SMARTS) is 1. The highest BCUT2D eigenvalue weighted by atomic mass is 16.4. The van der Waals surface area contributed by atoms with E-state index in [4.69, 9.17) is 0 Å². The molecular formula is C30H48O4. The normalized spacial score (nSPS) is 56.3. The standard InChI is InChI=1S/C30H48O4/c1-17-10-13-30(25(33)34)15-14-28(6)19(23(30)18(17)2)8-9-22-27(5)16-20(31)24(32)26(3,4)21(27)11-12-29(22,28)7/h8,17-18,20-24,31-32H,9-16H2,1-7H3,(H,33,34)/t17-,18+,20+,21-,22-,23+,24-,27+,28-,29-,30+/m1/s1. The lowest BCUT2D eigenvalue weighted by atomic mass is 9.33. The van der Waals surface area contributed by atoms with Gasteiger partial charge in [-0.3, -0.25) is 4.79 Å². The molecule has 0 radical (unpaired) electrons. The molecule has 11 atom stereocenters. The highest BCUT2D eigenvalue weighted by Crippen LogP contribution is 2.75. The molecule has 4 saturated carbocycles. The van der Waals surface area contributed by atoms with Crippen molar-refractivity contribution in [1.29, 1.82) is 0 Å². The molecule has 0 unspecified atom stereocenters. The molecule has 0 aromatic rings. The third kappa shape index (κ3) is 2.76. The van der Waals surface area contributed by atoms with Crippen LogP contribution in [0, 0.1) is 56.7 Å². The lowest BCUT2D eigenvalue weighted by Crippen LogP contribution is -2.67. The first kappa shape index (κ1) is 24.8. The summed E-state index contributed by atoms with van der Waals surface area (Å²) in [6.07, 6.45) is 8.53. The Labute approximate surface area is 206 Å². The minimum Gasteiger partial charge on any atom is -0.481 e. The van der Waals surface area contributed by atoms with Crippen LogP contribution in [0.1, 0.15) is 99.8 Å². The summed E-state index contributed by atoms with van der Waals surface area (Å²) in [6, 6.07) is 0. The molecule has 0 heterocycles. The fraction of sp³-hybridized carbons (Fsp3) is 0.900. The summed E-state index contributed by atoms with van der Waals surface area (Å²) in [5, 5.41) is 32.4. The van der Waals surface area contributed by atoms with Gasteiger partial charge in [-0.2, -0.15) is 0 Å². The highest BCUT2D eigenvalue weighted by Gasteiger charge is 2.70. The first-order valence-electron chi connectivity index (χ1n) is 14.0. The van der Waals surface area contributed by atoms with Gasteiger partial charge >= 0.3 is 5.97 Å². The van der Waals surface area contributed by atoms with E-state index in [9.17, 15) is 20.1 Å². The molecule has 34 heavy (non-hydrogen) atoms. The smallest absolute Gasteiger partial charge is 0.310 e. The molecule has 5 aliphatic carbocycles. The number of rotatable bonds is 1. The molecule has 0 aromatic heterocycles. The Balaban J connectivity index is 1.62. The zero-order chi connectivity index (χ0) is 25.1. The third-order valence-electron chi connectivity index (χ3n) is 13.4. The van der Waals surface area contributed by atoms with Crippen LogP contribution >= 0.6 is 0 Å². The van der Waals surface area contributed by atoms with Crippen molar-refractivity contribution < 1.29 is 20.1 Å². The van der Waals surface area contributed by atoms with E-state index in [1.165, 1.54) is 5.57 Å². The summed E-state index contributed by atoms with van der Waals surface area (Å²) in [7, 11) is 0. The lowest BCUT2D eigenvalue weighted by molar-refractivity contribution is -0.232. The molecule has 0 saturated heterocycles. The molecule has 0 aromatic carbocycles. The van der Waals surface area contributed by atoms with E-state index in [2.05, 4.69) is 54.5 Å². The molecule has 0 aliphatic heterocycles. The Morgan fingerprint density at radius 3 is 2.26 bits per heavy atom. The van der Waals surface area contributed by atoms with Gasteiger partial charge in [-0.15, -0.1) is 0 Å². The number of hydrogen-bond acceptors (Lipinski definition) is 3. The summed E-state index contributed by atoms with van der Waals surface area (Å²) in [5.41, 5.74) is 0.574. The summed E-state index contributed by atoms with van der Waals surface area (Å²) in [6.45, 7) is 16.3. The number of carboxylic acids is 1. The minimum atomic E-state index is -0.679. The number of aliphatic hydroxyl groups is 2. The first-order valence-corrected chi connectivity index (χ1v) is 14.0. The Bertz CT molecular complexity index is 907. The summed E-state index contributed by atoms with van der Waals surface area (Å²) in [4.78, 5) is 12.8. The summed E-state index contributed by atoms with van der Waals surface area (Å²) in [5.74, 6) is 1.30. The number of aliphatic carboxylic acids is 1. The van der Waals surface area contributed by atoms with Crippen molar-refractivity contribution in [3.8, 4) is 0 Å². The highest BCUT2D eigenvalue weighted by molar-refractivity contribution is 5.76. The van der Waals surface area contributed by atoms with Crippen LogP contribution in [-0.2, 0) is 4.79 Å². The van der Waals surface area contributed by atoms with Gasteiger partial charge in [0, 0.05) is 0 Å². The van der Waals surface area contributed by atoms with E-state index < -0.39 is 23.6 Å². The van der Waals surface area contributed by atoms with E-state index >= 15 is 0 Å². The average Bonchev–Trinajstić information content (AvgIpc) is 2.75. The van der Waals surface area contributed by atoms with Gasteiger partial charge in [-0.05, 0) is 103 Å². The Kier molecular flexibility index (Phi) is 5.36. The largest absolute Gasteiger partial charge is 0.481 e. The van der Waals surface area contributed by atoms with Gasteiger partial charge < -0.3 is 15.3 Å². The molecule has 192 valence electrons. The Morgan fingerprint density at radius 1 is 0.941 bits per heavy atom. The van der Waals surface area contributed by atoms with Gasteiger partial charge in [0.05, 0.1) is 17.6 Å².